The molecule has 0 bridgehead atoms. The molecule has 1 fully saturated rings. The number of nitrogens with one attached hydrogen (secondary N) is 1. The topological polar surface area (TPSA) is 110 Å². The third-order valence-electron chi connectivity index (χ3n) is 5.58. The molecule has 0 unspecified atom stereocenters. The number of ether oxygens (including phenoxy) is 1. The highest BCUT2D eigenvalue weighted by Crippen LogP contribution is 2.40. The van der Waals surface area contributed by atoms with Gasteiger partial charge in [0.25, 0.3) is 5.91 Å². The zero-order valence-corrected chi connectivity index (χ0v) is 16.6. The van der Waals surface area contributed by atoms with E-state index in [-0.39, 0.29) is 11.8 Å². The Bertz CT molecular complexity index is 1230. The number of carbonyl (C=O) groups excluding carboxylic acids is 1. The number of amides is 1. The summed E-state index contributed by atoms with van der Waals surface area (Å²) in [5.41, 5.74) is 2.67. The Hall–Kier alpha value is -3.78. The maximum atomic E-state index is 12.8. The number of pyridine rings is 1. The summed E-state index contributed by atoms with van der Waals surface area (Å²) < 4.78 is 10.5. The molecule has 5 rings (SSSR count). The highest BCUT2D eigenvalue weighted by molar-refractivity contribution is 5.96. The fourth-order valence-corrected chi connectivity index (χ4v) is 3.59. The van der Waals surface area contributed by atoms with Gasteiger partial charge in [0.2, 0.25) is 5.88 Å². The zero-order valence-electron chi connectivity index (χ0n) is 16.6. The van der Waals surface area contributed by atoms with E-state index in [1.807, 2.05) is 24.3 Å². The normalized spacial score (nSPS) is 14.7. The molecule has 1 aliphatic carbocycles. The summed E-state index contributed by atoms with van der Waals surface area (Å²) >= 11 is 0. The van der Waals surface area contributed by atoms with E-state index in [1.165, 1.54) is 0 Å². The van der Waals surface area contributed by atoms with Crippen LogP contribution in [0.3, 0.4) is 0 Å². The number of carbonyl (C=O) groups is 1. The number of fused-ring (bicyclic) bond motifs is 1. The first kappa shape index (κ1) is 19.2. The molecule has 2 aromatic carbocycles. The molecule has 31 heavy (non-hydrogen) atoms. The molecule has 8 nitrogen and oxygen atoms in total. The smallest absolute Gasteiger partial charge is 0.257 e. The summed E-state index contributed by atoms with van der Waals surface area (Å²) in [5.74, 6) is 0.368. The van der Waals surface area contributed by atoms with Gasteiger partial charge >= 0.3 is 0 Å². The summed E-state index contributed by atoms with van der Waals surface area (Å²) in [5, 5.41) is 20.9. The first-order valence-electron chi connectivity index (χ1n) is 10.1. The minimum absolute atomic E-state index is 0.193. The Balaban J connectivity index is 1.27. The Labute approximate surface area is 177 Å². The lowest BCUT2D eigenvalue weighted by molar-refractivity contribution is -0.0388. The molecule has 156 valence electrons. The fraction of sp³-hybridized carbons (Fsp3) is 0.217. The van der Waals surface area contributed by atoms with Crippen molar-refractivity contribution in [3.05, 3.63) is 77.5 Å². The summed E-state index contributed by atoms with van der Waals surface area (Å²) in [6.45, 7) is 0.350. The van der Waals surface area contributed by atoms with Gasteiger partial charge < -0.3 is 15.2 Å². The van der Waals surface area contributed by atoms with Crippen LogP contribution in [-0.4, -0.2) is 26.3 Å². The fourth-order valence-electron chi connectivity index (χ4n) is 3.59. The molecule has 4 aromatic rings. The SMILES string of the molecule is O=C(NCc1ccc(C2(O)CCC2)cc1)c1cccnc1Oc1ccc2nonc2c1. The molecule has 1 amide bonds. The van der Waals surface area contributed by atoms with E-state index in [1.54, 1.807) is 36.5 Å². The molecule has 0 atom stereocenters. The number of aromatic nitrogens is 3. The average molecular weight is 416 g/mol. The van der Waals surface area contributed by atoms with Gasteiger partial charge in [-0.1, -0.05) is 24.3 Å². The predicted octanol–water partition coefficient (Wildman–Crippen LogP) is 3.71. The van der Waals surface area contributed by atoms with Gasteiger partial charge in [0.1, 0.15) is 22.3 Å². The lowest BCUT2D eigenvalue weighted by Crippen LogP contribution is -2.33. The highest BCUT2D eigenvalue weighted by atomic mass is 16.6. The molecule has 8 heteroatoms. The Morgan fingerprint density at radius 1 is 1.10 bits per heavy atom. The Kier molecular flexibility index (Phi) is 4.83. The van der Waals surface area contributed by atoms with Crippen LogP contribution in [0.15, 0.2) is 65.4 Å². The van der Waals surface area contributed by atoms with Crippen LogP contribution in [0.1, 0.15) is 40.7 Å². The van der Waals surface area contributed by atoms with Crippen molar-refractivity contribution in [2.75, 3.05) is 0 Å². The standard InChI is InChI=1S/C23H20N4O4/c28-21(25-14-15-4-6-16(7-5-15)23(29)10-2-11-23)18-3-1-12-24-22(18)30-17-8-9-19-20(13-17)27-31-26-19/h1,3-9,12-13,29H,2,10-11,14H2,(H,25,28). The van der Waals surface area contributed by atoms with Gasteiger partial charge in [0, 0.05) is 18.8 Å². The Morgan fingerprint density at radius 2 is 1.90 bits per heavy atom. The molecule has 2 aromatic heterocycles. The summed E-state index contributed by atoms with van der Waals surface area (Å²) in [6.07, 6.45) is 4.21. The van der Waals surface area contributed by atoms with Crippen molar-refractivity contribution < 1.29 is 19.3 Å². The minimum Gasteiger partial charge on any atom is -0.438 e. The van der Waals surface area contributed by atoms with E-state index in [2.05, 4.69) is 20.6 Å². The van der Waals surface area contributed by atoms with Gasteiger partial charge in [-0.2, -0.15) is 0 Å². The monoisotopic (exact) mass is 416 g/mol. The molecular formula is C23H20N4O4. The van der Waals surface area contributed by atoms with Crippen molar-refractivity contribution in [1.82, 2.24) is 20.6 Å². The van der Waals surface area contributed by atoms with Crippen LogP contribution < -0.4 is 10.1 Å². The molecule has 2 N–H and O–H groups in total. The second kappa shape index (κ2) is 7.81. The van der Waals surface area contributed by atoms with Gasteiger partial charge in [-0.15, -0.1) is 0 Å². The minimum atomic E-state index is -0.686. The van der Waals surface area contributed by atoms with Crippen molar-refractivity contribution in [3.8, 4) is 11.6 Å². The number of aliphatic hydroxyl groups is 1. The van der Waals surface area contributed by atoms with E-state index in [4.69, 9.17) is 9.37 Å². The van der Waals surface area contributed by atoms with Crippen LogP contribution in [0.2, 0.25) is 0 Å². The summed E-state index contributed by atoms with van der Waals surface area (Å²) in [7, 11) is 0. The molecule has 2 heterocycles. The molecular weight excluding hydrogens is 396 g/mol. The second-order valence-corrected chi connectivity index (χ2v) is 7.64. The van der Waals surface area contributed by atoms with Crippen LogP contribution >= 0.6 is 0 Å². The number of rotatable bonds is 6. The lowest BCUT2D eigenvalue weighted by Gasteiger charge is -2.37. The van der Waals surface area contributed by atoms with Gasteiger partial charge in [-0.25, -0.2) is 9.61 Å². The van der Waals surface area contributed by atoms with Crippen molar-refractivity contribution >= 4 is 16.9 Å². The number of hydrogen-bond acceptors (Lipinski definition) is 7. The molecule has 1 aliphatic rings. The van der Waals surface area contributed by atoms with Crippen molar-refractivity contribution in [2.24, 2.45) is 0 Å². The quantitative estimate of drug-likeness (QED) is 0.493. The molecule has 0 aliphatic heterocycles. The van der Waals surface area contributed by atoms with E-state index in [0.29, 0.717) is 28.9 Å². The van der Waals surface area contributed by atoms with Crippen molar-refractivity contribution in [3.63, 3.8) is 0 Å². The van der Waals surface area contributed by atoms with Crippen LogP contribution in [0.4, 0.5) is 0 Å². The number of benzene rings is 2. The number of nitrogens with zero attached hydrogens (tertiary/aromatic N) is 3. The molecule has 0 saturated heterocycles. The van der Waals surface area contributed by atoms with E-state index in [0.717, 1.165) is 30.4 Å². The van der Waals surface area contributed by atoms with Crippen molar-refractivity contribution in [2.45, 2.75) is 31.4 Å². The molecule has 0 spiro atoms. The van der Waals surface area contributed by atoms with Crippen LogP contribution in [-0.2, 0) is 12.1 Å². The summed E-state index contributed by atoms with van der Waals surface area (Å²) in [6, 6.07) is 16.1. The highest BCUT2D eigenvalue weighted by Gasteiger charge is 2.35. The summed E-state index contributed by atoms with van der Waals surface area (Å²) in [4.78, 5) is 17.0. The van der Waals surface area contributed by atoms with E-state index < -0.39 is 5.60 Å². The van der Waals surface area contributed by atoms with Gasteiger partial charge in [-0.05, 0) is 65.0 Å². The maximum absolute atomic E-state index is 12.8. The van der Waals surface area contributed by atoms with E-state index >= 15 is 0 Å². The van der Waals surface area contributed by atoms with E-state index in [9.17, 15) is 9.90 Å². The average Bonchev–Trinajstić information content (AvgIpc) is 3.24. The van der Waals surface area contributed by atoms with Gasteiger partial charge in [-0.3, -0.25) is 4.79 Å². The first-order chi connectivity index (χ1) is 15.1. The largest absolute Gasteiger partial charge is 0.438 e. The predicted molar refractivity (Wildman–Crippen MR) is 111 cm³/mol. The van der Waals surface area contributed by atoms with Gasteiger partial charge in [0.05, 0.1) is 5.60 Å². The third-order valence-corrected chi connectivity index (χ3v) is 5.58. The third kappa shape index (κ3) is 3.85. The van der Waals surface area contributed by atoms with Gasteiger partial charge in [0.15, 0.2) is 0 Å². The Morgan fingerprint density at radius 3 is 2.68 bits per heavy atom. The van der Waals surface area contributed by atoms with Crippen molar-refractivity contribution in [1.29, 1.82) is 0 Å². The number of hydrogen-bond donors (Lipinski definition) is 2. The molecule has 0 radical (unpaired) electrons. The van der Waals surface area contributed by atoms with Crippen LogP contribution in [0.25, 0.3) is 11.0 Å². The zero-order chi connectivity index (χ0) is 21.3. The lowest BCUT2D eigenvalue weighted by atomic mass is 9.75. The second-order valence-electron chi connectivity index (χ2n) is 7.64. The molecule has 1 saturated carbocycles. The maximum Gasteiger partial charge on any atom is 0.257 e. The first-order valence-corrected chi connectivity index (χ1v) is 10.1. The van der Waals surface area contributed by atoms with Crippen LogP contribution in [0.5, 0.6) is 11.6 Å². The van der Waals surface area contributed by atoms with Crippen LogP contribution in [0, 0.1) is 0 Å².